The first-order valence-electron chi connectivity index (χ1n) is 7.38. The first-order valence-corrected chi connectivity index (χ1v) is 8.64. The first kappa shape index (κ1) is 16.5. The molecule has 0 radical (unpaired) electrons. The van der Waals surface area contributed by atoms with Crippen LogP contribution in [0.2, 0.25) is 5.02 Å². The number of thiazole rings is 1. The van der Waals surface area contributed by atoms with Crippen LogP contribution in [0.3, 0.4) is 0 Å². The predicted octanol–water partition coefficient (Wildman–Crippen LogP) is 5.72. The number of aromatic nitrogens is 1. The van der Waals surface area contributed by atoms with Gasteiger partial charge in [0, 0.05) is 10.9 Å². The van der Waals surface area contributed by atoms with Gasteiger partial charge in [-0.15, -0.1) is 11.3 Å². The van der Waals surface area contributed by atoms with Gasteiger partial charge in [0.15, 0.2) is 5.13 Å². The maximum atomic E-state index is 12.1. The van der Waals surface area contributed by atoms with Gasteiger partial charge in [0.05, 0.1) is 16.4 Å². The van der Waals surface area contributed by atoms with Crippen LogP contribution in [-0.4, -0.2) is 11.0 Å². The highest BCUT2D eigenvalue weighted by Crippen LogP contribution is 2.28. The van der Waals surface area contributed by atoms with E-state index in [0.29, 0.717) is 15.8 Å². The first-order chi connectivity index (χ1) is 11.5. The molecule has 6 heteroatoms. The van der Waals surface area contributed by atoms with Crippen LogP contribution in [0.15, 0.2) is 47.8 Å². The van der Waals surface area contributed by atoms with E-state index in [9.17, 15) is 4.79 Å². The number of carbonyl (C=O) groups is 1. The summed E-state index contributed by atoms with van der Waals surface area (Å²) in [5.74, 6) is 0. The van der Waals surface area contributed by atoms with Crippen molar-refractivity contribution in [2.45, 2.75) is 13.8 Å². The lowest BCUT2D eigenvalue weighted by Crippen LogP contribution is -2.19. The Balaban J connectivity index is 1.73. The maximum absolute atomic E-state index is 12.1. The van der Waals surface area contributed by atoms with Crippen molar-refractivity contribution in [3.63, 3.8) is 0 Å². The fourth-order valence-corrected chi connectivity index (χ4v) is 3.17. The normalized spacial score (nSPS) is 10.5. The van der Waals surface area contributed by atoms with Crippen LogP contribution in [-0.2, 0) is 0 Å². The van der Waals surface area contributed by atoms with E-state index >= 15 is 0 Å². The molecular weight excluding hydrogens is 342 g/mol. The molecule has 4 nitrogen and oxygen atoms in total. The number of benzene rings is 2. The van der Waals surface area contributed by atoms with Crippen molar-refractivity contribution >= 4 is 39.8 Å². The van der Waals surface area contributed by atoms with Crippen LogP contribution in [0.1, 0.15) is 11.1 Å². The highest BCUT2D eigenvalue weighted by molar-refractivity contribution is 7.14. The number of hydrogen-bond donors (Lipinski definition) is 2. The number of nitrogens with zero attached hydrogens (tertiary/aromatic N) is 1. The molecule has 0 saturated carbocycles. The molecule has 0 unspecified atom stereocenters. The molecule has 2 aromatic carbocycles. The van der Waals surface area contributed by atoms with E-state index in [1.54, 1.807) is 12.1 Å². The fraction of sp³-hybridized carbons (Fsp3) is 0.111. The summed E-state index contributed by atoms with van der Waals surface area (Å²) in [6.45, 7) is 4.09. The number of urea groups is 1. The van der Waals surface area contributed by atoms with E-state index in [1.165, 1.54) is 16.9 Å². The summed E-state index contributed by atoms with van der Waals surface area (Å²) in [5, 5.41) is 8.42. The zero-order chi connectivity index (χ0) is 17.1. The van der Waals surface area contributed by atoms with Crippen LogP contribution in [0.25, 0.3) is 11.3 Å². The zero-order valence-electron chi connectivity index (χ0n) is 13.3. The smallest absolute Gasteiger partial charge is 0.306 e. The minimum atomic E-state index is -0.370. The van der Waals surface area contributed by atoms with Gasteiger partial charge in [0.2, 0.25) is 0 Å². The molecule has 0 saturated heterocycles. The second kappa shape index (κ2) is 7.03. The van der Waals surface area contributed by atoms with Gasteiger partial charge in [0.1, 0.15) is 0 Å². The minimum absolute atomic E-state index is 0.370. The number of amides is 2. The van der Waals surface area contributed by atoms with Gasteiger partial charge >= 0.3 is 6.03 Å². The minimum Gasteiger partial charge on any atom is -0.306 e. The Bertz CT molecular complexity index is 891. The van der Waals surface area contributed by atoms with E-state index in [4.69, 9.17) is 11.6 Å². The number of anilines is 2. The summed E-state index contributed by atoms with van der Waals surface area (Å²) in [7, 11) is 0. The molecule has 0 bridgehead atoms. The Morgan fingerprint density at radius 2 is 1.92 bits per heavy atom. The highest BCUT2D eigenvalue weighted by atomic mass is 35.5. The quantitative estimate of drug-likeness (QED) is 0.629. The lowest BCUT2D eigenvalue weighted by molar-refractivity contribution is 0.262. The molecule has 0 aliphatic rings. The molecule has 122 valence electrons. The summed E-state index contributed by atoms with van der Waals surface area (Å²) in [6, 6.07) is 12.9. The van der Waals surface area contributed by atoms with Crippen molar-refractivity contribution in [3.8, 4) is 11.3 Å². The van der Waals surface area contributed by atoms with Gasteiger partial charge in [-0.25, -0.2) is 9.78 Å². The Morgan fingerprint density at radius 3 is 2.71 bits per heavy atom. The number of para-hydroxylation sites is 1. The summed E-state index contributed by atoms with van der Waals surface area (Å²) in [4.78, 5) is 16.6. The van der Waals surface area contributed by atoms with Gasteiger partial charge in [-0.1, -0.05) is 41.4 Å². The van der Waals surface area contributed by atoms with E-state index in [2.05, 4.69) is 33.8 Å². The molecule has 2 N–H and O–H groups in total. The summed E-state index contributed by atoms with van der Waals surface area (Å²) < 4.78 is 0. The number of aryl methyl sites for hydroxylation is 2. The van der Waals surface area contributed by atoms with Crippen LogP contribution >= 0.6 is 22.9 Å². The molecule has 0 aliphatic carbocycles. The maximum Gasteiger partial charge on any atom is 0.325 e. The standard InChI is InChI=1S/C18H16ClN3OS/c1-11-7-8-12(2)13(9-11)16-10-24-18(21-16)22-17(23)20-15-6-4-3-5-14(15)19/h3-10H,1-2H3,(H2,20,21,22,23). The number of hydrogen-bond acceptors (Lipinski definition) is 3. The molecule has 3 aromatic rings. The zero-order valence-corrected chi connectivity index (χ0v) is 14.8. The van der Waals surface area contributed by atoms with Gasteiger partial charge < -0.3 is 5.32 Å². The average Bonchev–Trinajstić information content (AvgIpc) is 3.00. The Hall–Kier alpha value is -2.37. The topological polar surface area (TPSA) is 54.0 Å². The SMILES string of the molecule is Cc1ccc(C)c(-c2csc(NC(=O)Nc3ccccc3Cl)n2)c1. The van der Waals surface area contributed by atoms with Gasteiger partial charge in [-0.05, 0) is 37.6 Å². The van der Waals surface area contributed by atoms with E-state index in [-0.39, 0.29) is 6.03 Å². The summed E-state index contributed by atoms with van der Waals surface area (Å²) >= 11 is 7.42. The summed E-state index contributed by atoms with van der Waals surface area (Å²) in [5.41, 5.74) is 4.82. The second-order valence-electron chi connectivity index (χ2n) is 5.42. The van der Waals surface area contributed by atoms with Gasteiger partial charge in [0.25, 0.3) is 0 Å². The van der Waals surface area contributed by atoms with Crippen molar-refractivity contribution < 1.29 is 4.79 Å². The van der Waals surface area contributed by atoms with Gasteiger partial charge in [-0.3, -0.25) is 5.32 Å². The number of rotatable bonds is 3. The molecule has 1 aromatic heterocycles. The third-order valence-electron chi connectivity index (χ3n) is 3.52. The molecular formula is C18H16ClN3OS. The molecule has 24 heavy (non-hydrogen) atoms. The molecule has 0 spiro atoms. The average molecular weight is 358 g/mol. The van der Waals surface area contributed by atoms with Crippen molar-refractivity contribution in [2.24, 2.45) is 0 Å². The highest BCUT2D eigenvalue weighted by Gasteiger charge is 2.11. The lowest BCUT2D eigenvalue weighted by atomic mass is 10.0. The third kappa shape index (κ3) is 3.75. The molecule has 3 rings (SSSR count). The number of nitrogens with one attached hydrogen (secondary N) is 2. The van der Waals surface area contributed by atoms with Crippen LogP contribution < -0.4 is 10.6 Å². The van der Waals surface area contributed by atoms with Crippen LogP contribution in [0.5, 0.6) is 0 Å². The summed E-state index contributed by atoms with van der Waals surface area (Å²) in [6.07, 6.45) is 0. The Kier molecular flexibility index (Phi) is 4.83. The van der Waals surface area contributed by atoms with Crippen molar-refractivity contribution in [2.75, 3.05) is 10.6 Å². The van der Waals surface area contributed by atoms with E-state index in [0.717, 1.165) is 16.8 Å². The second-order valence-corrected chi connectivity index (χ2v) is 6.68. The van der Waals surface area contributed by atoms with Gasteiger partial charge in [-0.2, -0.15) is 0 Å². The van der Waals surface area contributed by atoms with E-state index in [1.807, 2.05) is 31.4 Å². The molecule has 0 atom stereocenters. The van der Waals surface area contributed by atoms with Crippen molar-refractivity contribution in [1.29, 1.82) is 0 Å². The molecule has 1 heterocycles. The predicted molar refractivity (Wildman–Crippen MR) is 101 cm³/mol. The van der Waals surface area contributed by atoms with E-state index < -0.39 is 0 Å². The fourth-order valence-electron chi connectivity index (χ4n) is 2.28. The monoisotopic (exact) mass is 357 g/mol. The third-order valence-corrected chi connectivity index (χ3v) is 4.60. The molecule has 2 amide bonds. The Labute approximate surface area is 149 Å². The molecule has 0 fully saturated rings. The largest absolute Gasteiger partial charge is 0.325 e. The number of halogens is 1. The Morgan fingerprint density at radius 1 is 1.12 bits per heavy atom. The van der Waals surface area contributed by atoms with Crippen molar-refractivity contribution in [1.82, 2.24) is 4.98 Å². The molecule has 0 aliphatic heterocycles. The number of carbonyl (C=O) groups excluding carboxylic acids is 1. The van der Waals surface area contributed by atoms with Crippen molar-refractivity contribution in [3.05, 3.63) is 64.0 Å². The van der Waals surface area contributed by atoms with Crippen LogP contribution in [0, 0.1) is 13.8 Å². The van der Waals surface area contributed by atoms with Crippen LogP contribution in [0.4, 0.5) is 15.6 Å². The lowest BCUT2D eigenvalue weighted by Gasteiger charge is -2.07.